The number of carboxylic acids is 1. The van der Waals surface area contributed by atoms with E-state index in [1.165, 1.54) is 6.20 Å². The summed E-state index contributed by atoms with van der Waals surface area (Å²) >= 11 is 0. The molecule has 104 valence electrons. The number of imidazole rings is 1. The average Bonchev–Trinajstić information content (AvgIpc) is 2.78. The fourth-order valence-corrected chi connectivity index (χ4v) is 2.63. The van der Waals surface area contributed by atoms with Crippen LogP contribution in [0.25, 0.3) is 0 Å². The number of amides is 1. The van der Waals surface area contributed by atoms with Gasteiger partial charge in [-0.25, -0.2) is 9.59 Å². The van der Waals surface area contributed by atoms with Gasteiger partial charge in [-0.05, 0) is 18.8 Å². The Morgan fingerprint density at radius 3 is 2.74 bits per heavy atom. The van der Waals surface area contributed by atoms with Crippen molar-refractivity contribution in [2.24, 2.45) is 5.92 Å². The Balaban J connectivity index is 2.24. The third-order valence-electron chi connectivity index (χ3n) is 3.86. The molecule has 0 saturated heterocycles. The predicted octanol–water partition coefficient (Wildman–Crippen LogP) is 0.466. The van der Waals surface area contributed by atoms with Crippen LogP contribution in [0, 0.1) is 5.92 Å². The van der Waals surface area contributed by atoms with Crippen LogP contribution in [-0.2, 0) is 4.79 Å². The van der Waals surface area contributed by atoms with Crippen LogP contribution in [0.2, 0.25) is 0 Å². The summed E-state index contributed by atoms with van der Waals surface area (Å²) in [5, 5.41) is 12.0. The first-order valence-corrected chi connectivity index (χ1v) is 6.29. The molecule has 4 N–H and O–H groups in total. The first-order chi connectivity index (χ1) is 8.95. The minimum absolute atomic E-state index is 0.0448. The number of carbonyl (C=O) groups excluding carboxylic acids is 1. The van der Waals surface area contributed by atoms with E-state index in [0.717, 1.165) is 19.3 Å². The number of hydrogen-bond donors (Lipinski definition) is 4. The second kappa shape index (κ2) is 4.91. The first kappa shape index (κ1) is 13.4. The number of rotatable bonds is 3. The Morgan fingerprint density at radius 2 is 2.21 bits per heavy atom. The molecule has 1 heterocycles. The molecule has 1 aromatic heterocycles. The Morgan fingerprint density at radius 1 is 1.47 bits per heavy atom. The van der Waals surface area contributed by atoms with Crippen LogP contribution in [0.4, 0.5) is 0 Å². The molecule has 1 aromatic rings. The number of carbonyl (C=O) groups is 2. The van der Waals surface area contributed by atoms with Crippen LogP contribution in [0.15, 0.2) is 11.0 Å². The zero-order chi connectivity index (χ0) is 14.0. The van der Waals surface area contributed by atoms with Crippen LogP contribution >= 0.6 is 0 Å². The molecule has 0 aliphatic heterocycles. The number of aliphatic carboxylic acids is 1. The standard InChI is InChI=1S/C12H17N3O4/c1-7-4-2-3-5-12(7,10(17)18)15-9(16)8-6-13-11(19)14-8/h6-7H,2-5H2,1H3,(H,15,16)(H,17,18)(H2,13,14,19). The maximum atomic E-state index is 12.0. The van der Waals surface area contributed by atoms with E-state index in [9.17, 15) is 19.5 Å². The molecule has 2 rings (SSSR count). The monoisotopic (exact) mass is 267 g/mol. The SMILES string of the molecule is CC1CCCCC1(NC(=O)c1c[nH]c(=O)[nH]1)C(=O)O. The Labute approximate surface area is 109 Å². The van der Waals surface area contributed by atoms with Crippen LogP contribution in [-0.4, -0.2) is 32.5 Å². The van der Waals surface area contributed by atoms with Gasteiger partial charge in [0.2, 0.25) is 0 Å². The number of aromatic nitrogens is 2. The van der Waals surface area contributed by atoms with Crippen molar-refractivity contribution < 1.29 is 14.7 Å². The van der Waals surface area contributed by atoms with Gasteiger partial charge >= 0.3 is 11.7 Å². The number of hydrogen-bond acceptors (Lipinski definition) is 3. The smallest absolute Gasteiger partial charge is 0.329 e. The van der Waals surface area contributed by atoms with Crippen molar-refractivity contribution in [3.05, 3.63) is 22.4 Å². The Kier molecular flexibility index (Phi) is 3.46. The minimum atomic E-state index is -1.25. The fraction of sp³-hybridized carbons (Fsp3) is 0.583. The van der Waals surface area contributed by atoms with Crippen LogP contribution in [0.5, 0.6) is 0 Å². The molecular weight excluding hydrogens is 250 g/mol. The lowest BCUT2D eigenvalue weighted by molar-refractivity contribution is -0.148. The largest absolute Gasteiger partial charge is 0.479 e. The maximum Gasteiger partial charge on any atom is 0.329 e. The zero-order valence-corrected chi connectivity index (χ0v) is 10.7. The maximum absolute atomic E-state index is 12.0. The van der Waals surface area contributed by atoms with Crippen LogP contribution in [0.3, 0.4) is 0 Å². The molecule has 0 bridgehead atoms. The van der Waals surface area contributed by atoms with Crippen LogP contribution in [0.1, 0.15) is 43.1 Å². The van der Waals surface area contributed by atoms with E-state index >= 15 is 0 Å². The van der Waals surface area contributed by atoms with E-state index < -0.39 is 23.1 Å². The lowest BCUT2D eigenvalue weighted by Crippen LogP contribution is -2.60. The van der Waals surface area contributed by atoms with Gasteiger partial charge in [0.25, 0.3) is 5.91 Å². The number of H-pyrrole nitrogens is 2. The third kappa shape index (κ3) is 2.40. The lowest BCUT2D eigenvalue weighted by Gasteiger charge is -2.39. The minimum Gasteiger partial charge on any atom is -0.479 e. The summed E-state index contributed by atoms with van der Waals surface area (Å²) in [7, 11) is 0. The van der Waals surface area contributed by atoms with E-state index in [1.807, 2.05) is 6.92 Å². The summed E-state index contributed by atoms with van der Waals surface area (Å²) < 4.78 is 0. The first-order valence-electron chi connectivity index (χ1n) is 6.29. The molecule has 1 fully saturated rings. The zero-order valence-electron chi connectivity index (χ0n) is 10.7. The predicted molar refractivity (Wildman–Crippen MR) is 66.9 cm³/mol. The molecule has 1 saturated carbocycles. The summed E-state index contributed by atoms with van der Waals surface area (Å²) in [4.78, 5) is 39.2. The van der Waals surface area contributed by atoms with Crippen molar-refractivity contribution in [1.29, 1.82) is 0 Å². The summed E-state index contributed by atoms with van der Waals surface area (Å²) in [6, 6.07) is 0. The van der Waals surface area contributed by atoms with Gasteiger partial charge < -0.3 is 20.4 Å². The summed E-state index contributed by atoms with van der Waals surface area (Å²) in [5.41, 5.74) is -1.70. The molecule has 1 amide bonds. The number of nitrogens with one attached hydrogen (secondary N) is 3. The van der Waals surface area contributed by atoms with Gasteiger partial charge in [-0.2, -0.15) is 0 Å². The van der Waals surface area contributed by atoms with Crippen molar-refractivity contribution in [2.75, 3.05) is 0 Å². The Bertz CT molecular complexity index is 547. The van der Waals surface area contributed by atoms with E-state index in [0.29, 0.717) is 6.42 Å². The summed E-state index contributed by atoms with van der Waals surface area (Å²) in [5.74, 6) is -1.74. The van der Waals surface area contributed by atoms with Crippen molar-refractivity contribution in [3.63, 3.8) is 0 Å². The molecular formula is C12H17N3O4. The van der Waals surface area contributed by atoms with E-state index in [-0.39, 0.29) is 11.6 Å². The van der Waals surface area contributed by atoms with E-state index in [4.69, 9.17) is 0 Å². The molecule has 0 aromatic carbocycles. The highest BCUT2D eigenvalue weighted by Crippen LogP contribution is 2.34. The molecule has 1 aliphatic carbocycles. The van der Waals surface area contributed by atoms with Crippen molar-refractivity contribution in [2.45, 2.75) is 38.1 Å². The van der Waals surface area contributed by atoms with Gasteiger partial charge in [-0.15, -0.1) is 0 Å². The molecule has 7 nitrogen and oxygen atoms in total. The Hall–Kier alpha value is -2.05. The molecule has 2 atom stereocenters. The third-order valence-corrected chi connectivity index (χ3v) is 3.86. The second-order valence-electron chi connectivity index (χ2n) is 5.03. The molecule has 2 unspecified atom stereocenters. The molecule has 0 radical (unpaired) electrons. The molecule has 1 aliphatic rings. The van der Waals surface area contributed by atoms with Crippen molar-refractivity contribution in [1.82, 2.24) is 15.3 Å². The van der Waals surface area contributed by atoms with Gasteiger partial charge in [-0.1, -0.05) is 19.8 Å². The van der Waals surface area contributed by atoms with E-state index in [1.54, 1.807) is 0 Å². The van der Waals surface area contributed by atoms with Gasteiger partial charge in [0.05, 0.1) is 0 Å². The highest BCUT2D eigenvalue weighted by Gasteiger charge is 2.46. The van der Waals surface area contributed by atoms with Crippen LogP contribution < -0.4 is 11.0 Å². The average molecular weight is 267 g/mol. The second-order valence-corrected chi connectivity index (χ2v) is 5.03. The lowest BCUT2D eigenvalue weighted by atomic mass is 9.73. The quantitative estimate of drug-likeness (QED) is 0.637. The molecule has 7 heteroatoms. The molecule has 0 spiro atoms. The van der Waals surface area contributed by atoms with Gasteiger partial charge in [-0.3, -0.25) is 4.79 Å². The highest BCUT2D eigenvalue weighted by molar-refractivity contribution is 5.96. The molecule has 19 heavy (non-hydrogen) atoms. The van der Waals surface area contributed by atoms with E-state index in [2.05, 4.69) is 15.3 Å². The topological polar surface area (TPSA) is 115 Å². The summed E-state index contributed by atoms with van der Waals surface area (Å²) in [6.07, 6.45) is 4.13. The number of carboxylic acid groups (broad SMARTS) is 1. The van der Waals surface area contributed by atoms with Gasteiger partial charge in [0.1, 0.15) is 11.2 Å². The van der Waals surface area contributed by atoms with Gasteiger partial charge in [0, 0.05) is 6.20 Å². The fourth-order valence-electron chi connectivity index (χ4n) is 2.63. The van der Waals surface area contributed by atoms with Crippen molar-refractivity contribution in [3.8, 4) is 0 Å². The van der Waals surface area contributed by atoms with Gasteiger partial charge in [0.15, 0.2) is 0 Å². The number of aromatic amines is 2. The highest BCUT2D eigenvalue weighted by atomic mass is 16.4. The van der Waals surface area contributed by atoms with Crippen molar-refractivity contribution >= 4 is 11.9 Å². The summed E-state index contributed by atoms with van der Waals surface area (Å²) in [6.45, 7) is 1.83. The normalized spacial score (nSPS) is 26.9.